The van der Waals surface area contributed by atoms with Crippen LogP contribution in [0.4, 0.5) is 5.69 Å². The number of hydrogen-bond donors (Lipinski definition) is 1. The Kier molecular flexibility index (Phi) is 5.78. The summed E-state index contributed by atoms with van der Waals surface area (Å²) in [6.45, 7) is 0. The summed E-state index contributed by atoms with van der Waals surface area (Å²) in [5.74, 6) is -0.995. The molecule has 0 aromatic heterocycles. The number of nitro groups is 1. The van der Waals surface area contributed by atoms with Crippen LogP contribution in [0.15, 0.2) is 84.9 Å². The molecular formula is C22H17N3O3. The third-order valence-electron chi connectivity index (χ3n) is 4.42. The fourth-order valence-corrected chi connectivity index (χ4v) is 2.98. The van der Waals surface area contributed by atoms with Crippen molar-refractivity contribution in [2.24, 2.45) is 0 Å². The summed E-state index contributed by atoms with van der Waals surface area (Å²) in [6.07, 6.45) is 0. The van der Waals surface area contributed by atoms with Gasteiger partial charge in [0.1, 0.15) is 0 Å². The number of rotatable bonds is 6. The highest BCUT2D eigenvalue weighted by Crippen LogP contribution is 2.31. The Morgan fingerprint density at radius 2 is 1.43 bits per heavy atom. The van der Waals surface area contributed by atoms with E-state index in [1.54, 1.807) is 0 Å². The van der Waals surface area contributed by atoms with Crippen molar-refractivity contribution >= 4 is 11.6 Å². The van der Waals surface area contributed by atoms with E-state index in [1.165, 1.54) is 24.3 Å². The van der Waals surface area contributed by atoms with E-state index in [4.69, 9.17) is 0 Å². The zero-order valence-corrected chi connectivity index (χ0v) is 14.9. The lowest BCUT2D eigenvalue weighted by molar-refractivity contribution is -0.384. The molecule has 3 aromatic rings. The van der Waals surface area contributed by atoms with E-state index in [0.29, 0.717) is 0 Å². The highest BCUT2D eigenvalue weighted by molar-refractivity contribution is 5.94. The van der Waals surface area contributed by atoms with Gasteiger partial charge in [-0.05, 0) is 23.3 Å². The molecule has 3 aromatic carbocycles. The predicted molar refractivity (Wildman–Crippen MR) is 105 cm³/mol. The van der Waals surface area contributed by atoms with Crippen LogP contribution < -0.4 is 5.32 Å². The second-order valence-electron chi connectivity index (χ2n) is 6.18. The number of carbonyl (C=O) groups excluding carboxylic acids is 1. The number of nitrogens with one attached hydrogen (secondary N) is 1. The van der Waals surface area contributed by atoms with Crippen molar-refractivity contribution in [1.29, 1.82) is 5.26 Å². The molecule has 0 aliphatic heterocycles. The van der Waals surface area contributed by atoms with Gasteiger partial charge < -0.3 is 5.32 Å². The van der Waals surface area contributed by atoms with E-state index in [-0.39, 0.29) is 11.3 Å². The van der Waals surface area contributed by atoms with E-state index in [1.807, 2.05) is 60.7 Å². The molecule has 0 aliphatic rings. The normalized spacial score (nSPS) is 12.4. The first kappa shape index (κ1) is 18.8. The number of amides is 1. The lowest BCUT2D eigenvalue weighted by Gasteiger charge is -2.24. The first-order valence-corrected chi connectivity index (χ1v) is 8.65. The fraction of sp³-hybridized carbons (Fsp3) is 0.0909. The zero-order chi connectivity index (χ0) is 19.9. The minimum absolute atomic E-state index is 0.0876. The number of nitriles is 1. The van der Waals surface area contributed by atoms with Gasteiger partial charge >= 0.3 is 0 Å². The maximum absolute atomic E-state index is 12.8. The molecule has 0 fully saturated rings. The van der Waals surface area contributed by atoms with Crippen molar-refractivity contribution in [2.45, 2.75) is 12.0 Å². The van der Waals surface area contributed by atoms with Gasteiger partial charge in [0, 0.05) is 17.7 Å². The first-order chi connectivity index (χ1) is 13.6. The molecular weight excluding hydrogens is 354 g/mol. The molecule has 28 heavy (non-hydrogen) atoms. The third kappa shape index (κ3) is 4.22. The van der Waals surface area contributed by atoms with Crippen molar-refractivity contribution in [3.05, 3.63) is 112 Å². The highest BCUT2D eigenvalue weighted by Gasteiger charge is 2.27. The van der Waals surface area contributed by atoms with Crippen LogP contribution in [0.25, 0.3) is 0 Å². The van der Waals surface area contributed by atoms with Gasteiger partial charge in [0.25, 0.3) is 11.6 Å². The average Bonchev–Trinajstić information content (AvgIpc) is 2.75. The van der Waals surface area contributed by atoms with Crippen molar-refractivity contribution in [1.82, 2.24) is 5.32 Å². The predicted octanol–water partition coefficient (Wildman–Crippen LogP) is 4.37. The SMILES string of the molecule is N#C[C@@H](c1ccccc1)[C@H](NC(=O)c1ccc([N+](=O)[O-])cc1)c1ccccc1. The summed E-state index contributed by atoms with van der Waals surface area (Å²) in [6, 6.07) is 25.6. The number of benzene rings is 3. The lowest BCUT2D eigenvalue weighted by Crippen LogP contribution is -2.32. The molecule has 0 saturated carbocycles. The number of carbonyl (C=O) groups is 1. The smallest absolute Gasteiger partial charge is 0.269 e. The summed E-state index contributed by atoms with van der Waals surface area (Å²) in [5.41, 5.74) is 1.79. The van der Waals surface area contributed by atoms with Gasteiger partial charge in [0.2, 0.25) is 0 Å². The minimum atomic E-state index is -0.592. The van der Waals surface area contributed by atoms with E-state index in [2.05, 4.69) is 11.4 Å². The molecule has 0 spiro atoms. The van der Waals surface area contributed by atoms with E-state index < -0.39 is 22.8 Å². The summed E-state index contributed by atoms with van der Waals surface area (Å²) in [5, 5.41) is 23.5. The van der Waals surface area contributed by atoms with Crippen LogP contribution >= 0.6 is 0 Å². The monoisotopic (exact) mass is 371 g/mol. The zero-order valence-electron chi connectivity index (χ0n) is 14.9. The Balaban J connectivity index is 1.92. The van der Waals surface area contributed by atoms with Gasteiger partial charge in [-0.15, -0.1) is 0 Å². The number of nitro benzene ring substituents is 1. The topological polar surface area (TPSA) is 96.0 Å². The summed E-state index contributed by atoms with van der Waals surface area (Å²) < 4.78 is 0. The maximum atomic E-state index is 12.8. The van der Waals surface area contributed by atoms with Gasteiger partial charge in [-0.3, -0.25) is 14.9 Å². The molecule has 1 amide bonds. The fourth-order valence-electron chi connectivity index (χ4n) is 2.98. The summed E-state index contributed by atoms with van der Waals surface area (Å²) in [7, 11) is 0. The second-order valence-corrected chi connectivity index (χ2v) is 6.18. The van der Waals surface area contributed by atoms with Crippen LogP contribution in [0, 0.1) is 21.4 Å². The maximum Gasteiger partial charge on any atom is 0.269 e. The van der Waals surface area contributed by atoms with E-state index in [9.17, 15) is 20.2 Å². The first-order valence-electron chi connectivity index (χ1n) is 8.65. The van der Waals surface area contributed by atoms with E-state index in [0.717, 1.165) is 11.1 Å². The number of hydrogen-bond acceptors (Lipinski definition) is 4. The Morgan fingerprint density at radius 1 is 0.893 bits per heavy atom. The third-order valence-corrected chi connectivity index (χ3v) is 4.42. The second kappa shape index (κ2) is 8.60. The van der Waals surface area contributed by atoms with Crippen molar-refractivity contribution in [2.75, 3.05) is 0 Å². The molecule has 0 radical (unpaired) electrons. The Labute approximate surface area is 162 Å². The minimum Gasteiger partial charge on any atom is -0.344 e. The quantitative estimate of drug-likeness (QED) is 0.514. The molecule has 138 valence electrons. The molecule has 0 heterocycles. The number of nitrogens with zero attached hydrogens (tertiary/aromatic N) is 2. The molecule has 3 rings (SSSR count). The highest BCUT2D eigenvalue weighted by atomic mass is 16.6. The van der Waals surface area contributed by atoms with Crippen molar-refractivity contribution in [3.8, 4) is 6.07 Å². The van der Waals surface area contributed by atoms with Gasteiger partial charge in [-0.1, -0.05) is 60.7 Å². The molecule has 6 heteroatoms. The van der Waals surface area contributed by atoms with Crippen LogP contribution in [0.1, 0.15) is 33.4 Å². The molecule has 2 atom stereocenters. The molecule has 1 N–H and O–H groups in total. The molecule has 6 nitrogen and oxygen atoms in total. The van der Waals surface area contributed by atoms with Crippen LogP contribution in [0.5, 0.6) is 0 Å². The van der Waals surface area contributed by atoms with Gasteiger partial charge in [0.15, 0.2) is 0 Å². The Hall–Kier alpha value is -3.98. The number of non-ortho nitro benzene ring substituents is 1. The van der Waals surface area contributed by atoms with Gasteiger partial charge in [-0.2, -0.15) is 5.26 Å². The Bertz CT molecular complexity index is 997. The van der Waals surface area contributed by atoms with Crippen LogP contribution in [-0.2, 0) is 0 Å². The van der Waals surface area contributed by atoms with E-state index >= 15 is 0 Å². The standard InChI is InChI=1S/C22H17N3O3/c23-15-20(16-7-3-1-4-8-16)21(17-9-5-2-6-10-17)24-22(26)18-11-13-19(14-12-18)25(27)28/h1-14,20-21H,(H,24,26)/t20-,21+/m0/s1. The van der Waals surface area contributed by atoms with Gasteiger partial charge in [-0.25, -0.2) is 0 Å². The van der Waals surface area contributed by atoms with Crippen LogP contribution in [0.3, 0.4) is 0 Å². The van der Waals surface area contributed by atoms with Crippen molar-refractivity contribution in [3.63, 3.8) is 0 Å². The molecule has 0 bridgehead atoms. The Morgan fingerprint density at radius 3 is 1.93 bits per heavy atom. The van der Waals surface area contributed by atoms with Crippen molar-refractivity contribution < 1.29 is 9.72 Å². The summed E-state index contributed by atoms with van der Waals surface area (Å²) in [4.78, 5) is 23.1. The van der Waals surface area contributed by atoms with Crippen LogP contribution in [-0.4, -0.2) is 10.8 Å². The van der Waals surface area contributed by atoms with Crippen LogP contribution in [0.2, 0.25) is 0 Å². The summed E-state index contributed by atoms with van der Waals surface area (Å²) >= 11 is 0. The average molecular weight is 371 g/mol. The molecule has 0 unspecified atom stereocenters. The lowest BCUT2D eigenvalue weighted by atomic mass is 9.88. The molecule has 0 saturated heterocycles. The largest absolute Gasteiger partial charge is 0.344 e. The van der Waals surface area contributed by atoms with Gasteiger partial charge in [0.05, 0.1) is 23.0 Å². The molecule has 0 aliphatic carbocycles.